The van der Waals surface area contributed by atoms with Crippen LogP contribution in [-0.4, -0.2) is 24.9 Å². The number of rotatable bonds is 2. The molecule has 98 valence electrons. The molecule has 0 N–H and O–H groups in total. The summed E-state index contributed by atoms with van der Waals surface area (Å²) in [6.07, 6.45) is 0. The zero-order valence-corrected chi connectivity index (χ0v) is 10.6. The molecule has 0 radical (unpaired) electrons. The number of ether oxygens (including phenoxy) is 2. The quantitative estimate of drug-likeness (QED) is 0.822. The molecule has 1 aromatic carbocycles. The zero-order valence-electron chi connectivity index (χ0n) is 9.83. The summed E-state index contributed by atoms with van der Waals surface area (Å²) in [5.74, 6) is -5.73. The van der Waals surface area contributed by atoms with Gasteiger partial charge in [-0.15, -0.1) is 0 Å². The summed E-state index contributed by atoms with van der Waals surface area (Å²) in [6.45, 7) is 2.33. The molecule has 1 heterocycles. The average Bonchev–Trinajstić information content (AvgIpc) is 2.68. The van der Waals surface area contributed by atoms with E-state index in [0.717, 1.165) is 0 Å². The Kier molecular flexibility index (Phi) is 2.66. The number of hydrogen-bond acceptors (Lipinski definition) is 2. The Morgan fingerprint density at radius 3 is 2.28 bits per heavy atom. The van der Waals surface area contributed by atoms with Gasteiger partial charge in [-0.1, -0.05) is 23.7 Å². The van der Waals surface area contributed by atoms with Gasteiger partial charge in [-0.3, -0.25) is 0 Å². The summed E-state index contributed by atoms with van der Waals surface area (Å²) in [5, 5.41) is 0.541. The van der Waals surface area contributed by atoms with E-state index < -0.39 is 23.5 Å². The van der Waals surface area contributed by atoms with E-state index in [1.165, 1.54) is 0 Å². The van der Waals surface area contributed by atoms with Crippen LogP contribution in [0.15, 0.2) is 24.3 Å². The molecule has 18 heavy (non-hydrogen) atoms. The van der Waals surface area contributed by atoms with Gasteiger partial charge in [-0.05, 0) is 24.6 Å². The van der Waals surface area contributed by atoms with Gasteiger partial charge in [0.1, 0.15) is 0 Å². The fraction of sp³-hybridized carbons (Fsp3) is 0.538. The van der Waals surface area contributed by atoms with Gasteiger partial charge in [-0.25, -0.2) is 8.78 Å². The molecule has 2 atom stereocenters. The lowest BCUT2D eigenvalue weighted by Gasteiger charge is -2.22. The third-order valence-corrected chi connectivity index (χ3v) is 3.96. The van der Waals surface area contributed by atoms with E-state index in [0.29, 0.717) is 23.8 Å². The van der Waals surface area contributed by atoms with E-state index >= 15 is 0 Å². The first-order valence-electron chi connectivity index (χ1n) is 5.86. The average molecular weight is 275 g/mol. The van der Waals surface area contributed by atoms with Gasteiger partial charge in [-0.2, -0.15) is 0 Å². The topological polar surface area (TPSA) is 18.5 Å². The summed E-state index contributed by atoms with van der Waals surface area (Å²) in [6, 6.07) is 6.53. The van der Waals surface area contributed by atoms with E-state index in [4.69, 9.17) is 21.1 Å². The van der Waals surface area contributed by atoms with Gasteiger partial charge in [0.2, 0.25) is 0 Å². The Labute approximate surface area is 109 Å². The van der Waals surface area contributed by atoms with Crippen LogP contribution < -0.4 is 0 Å². The molecule has 2 unspecified atom stereocenters. The van der Waals surface area contributed by atoms with Crippen molar-refractivity contribution in [1.29, 1.82) is 0 Å². The SMILES string of the molecule is CC1(C2C(c3ccc(Cl)cc3)C2(F)F)OCCO1. The number of alkyl halides is 2. The molecule has 1 saturated heterocycles. The van der Waals surface area contributed by atoms with Gasteiger partial charge in [0.15, 0.2) is 5.79 Å². The summed E-state index contributed by atoms with van der Waals surface area (Å²) in [5.41, 5.74) is 0.578. The second-order valence-corrected chi connectivity index (χ2v) is 5.33. The Balaban J connectivity index is 1.88. The van der Waals surface area contributed by atoms with Crippen LogP contribution in [-0.2, 0) is 9.47 Å². The first-order valence-corrected chi connectivity index (χ1v) is 6.24. The van der Waals surface area contributed by atoms with Crippen LogP contribution in [0.1, 0.15) is 18.4 Å². The van der Waals surface area contributed by atoms with Crippen LogP contribution in [0.2, 0.25) is 5.02 Å². The molecule has 2 aliphatic rings. The molecule has 0 aromatic heterocycles. The Hall–Kier alpha value is -0.710. The fourth-order valence-corrected chi connectivity index (χ4v) is 2.90. The largest absolute Gasteiger partial charge is 0.347 e. The van der Waals surface area contributed by atoms with E-state index in [-0.39, 0.29) is 0 Å². The number of hydrogen-bond donors (Lipinski definition) is 0. The van der Waals surface area contributed by atoms with Gasteiger partial charge in [0.25, 0.3) is 5.92 Å². The van der Waals surface area contributed by atoms with Crippen molar-refractivity contribution in [3.05, 3.63) is 34.9 Å². The van der Waals surface area contributed by atoms with E-state index in [2.05, 4.69) is 0 Å². The molecule has 5 heteroatoms. The summed E-state index contributed by atoms with van der Waals surface area (Å²) >= 11 is 5.76. The molecule has 0 amide bonds. The maximum atomic E-state index is 14.0. The monoisotopic (exact) mass is 274 g/mol. The maximum absolute atomic E-state index is 14.0. The first kappa shape index (κ1) is 12.3. The predicted octanol–water partition coefficient (Wildman–Crippen LogP) is 3.45. The van der Waals surface area contributed by atoms with Gasteiger partial charge in [0.05, 0.1) is 25.0 Å². The number of benzene rings is 1. The van der Waals surface area contributed by atoms with Crippen molar-refractivity contribution in [3.63, 3.8) is 0 Å². The van der Waals surface area contributed by atoms with Crippen LogP contribution >= 0.6 is 11.6 Å². The molecule has 1 aliphatic carbocycles. The van der Waals surface area contributed by atoms with Crippen molar-refractivity contribution < 1.29 is 18.3 Å². The first-order chi connectivity index (χ1) is 8.45. The minimum absolute atomic E-state index is 0.371. The van der Waals surface area contributed by atoms with Crippen LogP contribution in [0, 0.1) is 5.92 Å². The van der Waals surface area contributed by atoms with Crippen LogP contribution in [0.5, 0.6) is 0 Å². The highest BCUT2D eigenvalue weighted by molar-refractivity contribution is 6.30. The molecule has 2 fully saturated rings. The number of halogens is 3. The van der Waals surface area contributed by atoms with E-state index in [1.807, 2.05) is 0 Å². The van der Waals surface area contributed by atoms with Crippen molar-refractivity contribution in [2.45, 2.75) is 24.6 Å². The molecule has 1 saturated carbocycles. The third-order valence-electron chi connectivity index (χ3n) is 3.71. The minimum atomic E-state index is -2.78. The Morgan fingerprint density at radius 2 is 1.72 bits per heavy atom. The standard InChI is InChI=1S/C13H13ClF2O2/c1-12(17-6-7-18-12)11-10(13(11,15)16)8-2-4-9(14)5-3-8/h2-5,10-11H,6-7H2,1H3. The van der Waals surface area contributed by atoms with Crippen molar-refractivity contribution in [2.24, 2.45) is 5.92 Å². The van der Waals surface area contributed by atoms with Crippen LogP contribution in [0.3, 0.4) is 0 Å². The van der Waals surface area contributed by atoms with Crippen LogP contribution in [0.25, 0.3) is 0 Å². The highest BCUT2D eigenvalue weighted by Crippen LogP contribution is 2.67. The highest BCUT2D eigenvalue weighted by atomic mass is 35.5. The van der Waals surface area contributed by atoms with Crippen molar-refractivity contribution in [3.8, 4) is 0 Å². The predicted molar refractivity (Wildman–Crippen MR) is 62.9 cm³/mol. The molecule has 0 spiro atoms. The van der Waals surface area contributed by atoms with Crippen LogP contribution in [0.4, 0.5) is 8.78 Å². The minimum Gasteiger partial charge on any atom is -0.347 e. The molecule has 2 nitrogen and oxygen atoms in total. The highest BCUT2D eigenvalue weighted by Gasteiger charge is 2.76. The van der Waals surface area contributed by atoms with Crippen molar-refractivity contribution >= 4 is 11.6 Å². The van der Waals surface area contributed by atoms with Gasteiger partial charge >= 0.3 is 0 Å². The molecule has 3 rings (SSSR count). The molecule has 1 aliphatic heterocycles. The van der Waals surface area contributed by atoms with Gasteiger partial charge in [0, 0.05) is 5.02 Å². The van der Waals surface area contributed by atoms with Crippen molar-refractivity contribution in [1.82, 2.24) is 0 Å². The normalized spacial score (nSPS) is 32.4. The summed E-state index contributed by atoms with van der Waals surface area (Å²) in [7, 11) is 0. The maximum Gasteiger partial charge on any atom is 0.264 e. The second-order valence-electron chi connectivity index (χ2n) is 4.89. The fourth-order valence-electron chi connectivity index (χ4n) is 2.77. The summed E-state index contributed by atoms with van der Waals surface area (Å²) in [4.78, 5) is 0. The van der Waals surface area contributed by atoms with E-state index in [1.54, 1.807) is 31.2 Å². The third kappa shape index (κ3) is 1.75. The summed E-state index contributed by atoms with van der Waals surface area (Å²) < 4.78 is 38.6. The lowest BCUT2D eigenvalue weighted by molar-refractivity contribution is -0.174. The Morgan fingerprint density at radius 1 is 1.17 bits per heavy atom. The Bertz CT molecular complexity index is 455. The second kappa shape index (κ2) is 3.89. The molecular formula is C13H13ClF2O2. The van der Waals surface area contributed by atoms with Gasteiger partial charge < -0.3 is 9.47 Å². The lowest BCUT2D eigenvalue weighted by atomic mass is 10.1. The molecular weight excluding hydrogens is 262 g/mol. The van der Waals surface area contributed by atoms with Crippen molar-refractivity contribution in [2.75, 3.05) is 13.2 Å². The molecule has 0 bridgehead atoms. The molecule has 1 aromatic rings. The smallest absolute Gasteiger partial charge is 0.264 e. The van der Waals surface area contributed by atoms with E-state index in [9.17, 15) is 8.78 Å². The lowest BCUT2D eigenvalue weighted by Crippen LogP contribution is -2.31. The zero-order chi connectivity index (χ0) is 13.0.